The van der Waals surface area contributed by atoms with Crippen LogP contribution >= 0.6 is 0 Å². The number of allylic oxidation sites excluding steroid dienone is 1. The summed E-state index contributed by atoms with van der Waals surface area (Å²) in [5.74, 6) is 0.435. The second kappa shape index (κ2) is 17.0. The number of aliphatic imine (C=N–C) groups is 1. The van der Waals surface area contributed by atoms with Crippen LogP contribution < -0.4 is 10.6 Å². The Morgan fingerprint density at radius 3 is 2.29 bits per heavy atom. The standard InChI is InChI=1S/C44H56N8O6Si/c1-26(2)38(49-44(56)58-6)42(54)51-19-9-10-36(51)34-21-31(22-45-34)28-13-11-27(12-14-28)29-15-17-32-30(20-29)16-18-33-39(32)48-40(46-33)37-24-59(7,8)25-52(37)41(53)35(23-50(3)4)47-43(55)57-5/h11-18,20,22,26,35-38H,9-10,19,21,23-25H2,1-8H3,(H,46,48)(H,47,55)(H,49,56)/t35-,36-,37-,38-/m0/s1. The number of likely N-dealkylation sites (tertiary alicyclic amines) is 1. The highest BCUT2D eigenvalue weighted by molar-refractivity contribution is 6.78. The summed E-state index contributed by atoms with van der Waals surface area (Å²) >= 11 is 0. The lowest BCUT2D eigenvalue weighted by molar-refractivity contribution is -0.135. The minimum absolute atomic E-state index is 0.0883. The van der Waals surface area contributed by atoms with Crippen molar-refractivity contribution in [2.45, 2.75) is 76.4 Å². The molecule has 4 amide bonds. The van der Waals surface area contributed by atoms with E-state index in [1.807, 2.05) is 48.8 Å². The number of imidazole rings is 1. The molecule has 3 aromatic carbocycles. The molecule has 312 valence electrons. The van der Waals surface area contributed by atoms with Gasteiger partial charge in [-0.1, -0.05) is 69.4 Å². The Kier molecular flexibility index (Phi) is 12.0. The average Bonchev–Trinajstić information content (AvgIpc) is 4.04. The van der Waals surface area contributed by atoms with E-state index in [1.54, 1.807) is 0 Å². The number of rotatable bonds is 11. The van der Waals surface area contributed by atoms with Crippen LogP contribution in [0.5, 0.6) is 0 Å². The molecule has 4 atom stereocenters. The number of nitrogens with one attached hydrogen (secondary N) is 3. The number of nitrogens with zero attached hydrogens (tertiary/aromatic N) is 5. The molecular formula is C44H56N8O6Si. The molecule has 2 saturated heterocycles. The van der Waals surface area contributed by atoms with Gasteiger partial charge in [0.05, 0.1) is 45.4 Å². The number of benzene rings is 3. The van der Waals surface area contributed by atoms with Crippen LogP contribution in [0.15, 0.2) is 65.8 Å². The lowest BCUT2D eigenvalue weighted by Gasteiger charge is -2.31. The summed E-state index contributed by atoms with van der Waals surface area (Å²) in [6.45, 7) is 9.39. The third-order valence-electron chi connectivity index (χ3n) is 11.8. The third-order valence-corrected chi connectivity index (χ3v) is 14.5. The van der Waals surface area contributed by atoms with E-state index in [4.69, 9.17) is 19.5 Å². The van der Waals surface area contributed by atoms with Crippen LogP contribution in [0.2, 0.25) is 19.1 Å². The molecule has 0 bridgehead atoms. The van der Waals surface area contributed by atoms with Crippen molar-refractivity contribution in [3.8, 4) is 11.1 Å². The Labute approximate surface area is 346 Å². The number of ether oxygens (including phenoxy) is 2. The van der Waals surface area contributed by atoms with E-state index in [1.165, 1.54) is 14.2 Å². The summed E-state index contributed by atoms with van der Waals surface area (Å²) in [7, 11) is 4.56. The molecule has 4 heterocycles. The van der Waals surface area contributed by atoms with Gasteiger partial charge >= 0.3 is 12.2 Å². The van der Waals surface area contributed by atoms with Crippen molar-refractivity contribution >= 4 is 65.2 Å². The quantitative estimate of drug-likeness (QED) is 0.148. The number of fused-ring (bicyclic) bond motifs is 3. The number of methoxy groups -OCH3 is 2. The molecular weight excluding hydrogens is 765 g/mol. The van der Waals surface area contributed by atoms with Crippen LogP contribution in [0.4, 0.5) is 9.59 Å². The maximum atomic E-state index is 14.1. The molecule has 1 aromatic heterocycles. The van der Waals surface area contributed by atoms with Crippen molar-refractivity contribution < 1.29 is 28.7 Å². The monoisotopic (exact) mass is 820 g/mol. The third kappa shape index (κ3) is 8.76. The van der Waals surface area contributed by atoms with Crippen molar-refractivity contribution in [1.82, 2.24) is 35.3 Å². The Morgan fingerprint density at radius 1 is 0.898 bits per heavy atom. The van der Waals surface area contributed by atoms with Gasteiger partial charge in [-0.15, -0.1) is 0 Å². The van der Waals surface area contributed by atoms with E-state index in [-0.39, 0.29) is 29.8 Å². The zero-order valence-corrected chi connectivity index (χ0v) is 36.3. The molecule has 3 aliphatic heterocycles. The van der Waals surface area contributed by atoms with Crippen molar-refractivity contribution in [2.75, 3.05) is 47.6 Å². The fourth-order valence-corrected chi connectivity index (χ4v) is 11.7. The van der Waals surface area contributed by atoms with Gasteiger partial charge in [-0.2, -0.15) is 0 Å². The molecule has 3 aliphatic rings. The number of hydrogen-bond donors (Lipinski definition) is 3. The summed E-state index contributed by atoms with van der Waals surface area (Å²) in [4.78, 5) is 71.0. The van der Waals surface area contributed by atoms with Gasteiger partial charge in [0, 0.05) is 43.0 Å². The zero-order valence-electron chi connectivity index (χ0n) is 35.3. The molecule has 15 heteroatoms. The number of amides is 4. The van der Waals surface area contributed by atoms with E-state index in [9.17, 15) is 19.2 Å². The van der Waals surface area contributed by atoms with E-state index >= 15 is 0 Å². The number of hydrogen-bond acceptors (Lipinski definition) is 9. The van der Waals surface area contributed by atoms with E-state index in [2.05, 4.69) is 83.3 Å². The molecule has 59 heavy (non-hydrogen) atoms. The highest BCUT2D eigenvalue weighted by Gasteiger charge is 2.45. The first-order chi connectivity index (χ1) is 28.2. The van der Waals surface area contributed by atoms with E-state index in [0.717, 1.165) is 74.5 Å². The normalized spacial score (nSPS) is 19.9. The van der Waals surface area contributed by atoms with E-state index in [0.29, 0.717) is 25.7 Å². The van der Waals surface area contributed by atoms with Gasteiger partial charge in [-0.05, 0) is 78.7 Å². The van der Waals surface area contributed by atoms with Gasteiger partial charge in [0.1, 0.15) is 17.9 Å². The molecule has 4 aromatic rings. The molecule has 3 N–H and O–H groups in total. The molecule has 14 nitrogen and oxygen atoms in total. The average molecular weight is 821 g/mol. The molecule has 0 spiro atoms. The number of carbonyl (C=O) groups is 4. The highest BCUT2D eigenvalue weighted by atomic mass is 28.3. The minimum atomic E-state index is -1.79. The van der Waals surface area contributed by atoms with Crippen molar-refractivity contribution in [2.24, 2.45) is 10.9 Å². The number of aromatic amines is 1. The summed E-state index contributed by atoms with van der Waals surface area (Å²) in [5, 5.41) is 7.56. The predicted octanol–water partition coefficient (Wildman–Crippen LogP) is 6.36. The first-order valence-corrected chi connectivity index (χ1v) is 23.8. The van der Waals surface area contributed by atoms with Gasteiger partial charge in [0.15, 0.2) is 0 Å². The Hall–Kier alpha value is -5.54. The smallest absolute Gasteiger partial charge is 0.407 e. The largest absolute Gasteiger partial charge is 0.453 e. The molecule has 2 fully saturated rings. The lowest BCUT2D eigenvalue weighted by atomic mass is 9.95. The lowest BCUT2D eigenvalue weighted by Crippen LogP contribution is -2.53. The van der Waals surface area contributed by atoms with Crippen LogP contribution in [0.1, 0.15) is 50.5 Å². The maximum Gasteiger partial charge on any atom is 0.407 e. The Bertz CT molecular complexity index is 2320. The summed E-state index contributed by atoms with van der Waals surface area (Å²) in [6, 6.07) is 18.2. The van der Waals surface area contributed by atoms with Gasteiger partial charge in [-0.25, -0.2) is 14.6 Å². The minimum Gasteiger partial charge on any atom is -0.453 e. The Morgan fingerprint density at radius 2 is 1.59 bits per heavy atom. The van der Waals surface area contributed by atoms with Crippen LogP contribution in [0.25, 0.3) is 38.5 Å². The first-order valence-electron chi connectivity index (χ1n) is 20.4. The van der Waals surface area contributed by atoms with Gasteiger partial charge in [0.2, 0.25) is 11.8 Å². The summed E-state index contributed by atoms with van der Waals surface area (Å²) in [5.41, 5.74) is 7.11. The topological polar surface area (TPSA) is 162 Å². The molecule has 7 rings (SSSR count). The number of aromatic nitrogens is 2. The number of H-pyrrole nitrogens is 1. The van der Waals surface area contributed by atoms with Crippen molar-refractivity contribution in [1.29, 1.82) is 0 Å². The number of carbonyl (C=O) groups excluding carboxylic acids is 4. The molecule has 0 radical (unpaired) electrons. The van der Waals surface area contributed by atoms with Crippen molar-refractivity contribution in [3.05, 3.63) is 72.2 Å². The second-order valence-corrected chi connectivity index (χ2v) is 22.4. The summed E-state index contributed by atoms with van der Waals surface area (Å²) in [6.07, 6.45) is 3.74. The second-order valence-electron chi connectivity index (χ2n) is 17.4. The number of alkyl carbamates (subject to hydrolysis) is 2. The van der Waals surface area contributed by atoms with Crippen LogP contribution in [0, 0.1) is 5.92 Å². The highest BCUT2D eigenvalue weighted by Crippen LogP contribution is 2.39. The van der Waals surface area contributed by atoms with E-state index < -0.39 is 32.3 Å². The fourth-order valence-electron chi connectivity index (χ4n) is 8.82. The van der Waals surface area contributed by atoms with Crippen LogP contribution in [0.3, 0.4) is 0 Å². The maximum absolute atomic E-state index is 14.1. The fraction of sp³-hybridized carbons (Fsp3) is 0.455. The van der Waals surface area contributed by atoms with Crippen LogP contribution in [-0.4, -0.2) is 128 Å². The summed E-state index contributed by atoms with van der Waals surface area (Å²) < 4.78 is 9.62. The number of likely N-dealkylation sites (N-methyl/N-ethyl adjacent to an activating group) is 1. The van der Waals surface area contributed by atoms with Crippen LogP contribution in [-0.2, 0) is 19.1 Å². The first kappa shape index (κ1) is 41.6. The molecule has 0 aliphatic carbocycles. The van der Waals surface area contributed by atoms with Gasteiger partial charge in [0.25, 0.3) is 0 Å². The predicted molar refractivity (Wildman–Crippen MR) is 233 cm³/mol. The molecule has 0 saturated carbocycles. The SMILES string of the molecule is COC(=O)N[C@@H](CN(C)C)C(=O)N1C[Si](C)(C)C[C@H]1c1nc2c(ccc3cc(-c4ccc(C5=CN=C([C@@H]6CCCN6C(=O)[C@@H](NC(=O)OC)C(C)C)C5)cc4)ccc32)[nH]1. The zero-order chi connectivity index (χ0) is 42.2. The van der Waals surface area contributed by atoms with Gasteiger partial charge in [-0.3, -0.25) is 14.6 Å². The van der Waals surface area contributed by atoms with Gasteiger partial charge < -0.3 is 39.8 Å². The Balaban J connectivity index is 1.06. The molecule has 0 unspecified atom stereocenters. The van der Waals surface area contributed by atoms with Crippen molar-refractivity contribution in [3.63, 3.8) is 0 Å².